The summed E-state index contributed by atoms with van der Waals surface area (Å²) in [6.07, 6.45) is 1.96. The van der Waals surface area contributed by atoms with Gasteiger partial charge in [-0.2, -0.15) is 0 Å². The van der Waals surface area contributed by atoms with Gasteiger partial charge >= 0.3 is 11.9 Å². The molecule has 0 heterocycles. The maximum Gasteiger partial charge on any atom is 0.323 e. The third-order valence-electron chi connectivity index (χ3n) is 6.44. The van der Waals surface area contributed by atoms with E-state index in [-0.39, 0.29) is 24.4 Å². The summed E-state index contributed by atoms with van der Waals surface area (Å²) in [5.41, 5.74) is 3.18. The zero-order valence-electron chi connectivity index (χ0n) is 19.3. The van der Waals surface area contributed by atoms with Crippen molar-refractivity contribution in [3.05, 3.63) is 108 Å². The molecular weight excluding hydrogens is 426 g/mol. The molecular formula is C29H31NO4. The van der Waals surface area contributed by atoms with E-state index in [1.54, 1.807) is 0 Å². The zero-order valence-corrected chi connectivity index (χ0v) is 19.3. The lowest BCUT2D eigenvalue weighted by Gasteiger charge is -2.30. The number of hydrogen-bond acceptors (Lipinski definition) is 4. The summed E-state index contributed by atoms with van der Waals surface area (Å²) in [6, 6.07) is 29.4. The molecule has 0 aromatic heterocycles. The Morgan fingerprint density at radius 1 is 0.824 bits per heavy atom. The second-order valence-electron chi connectivity index (χ2n) is 9.00. The average molecular weight is 458 g/mol. The molecule has 0 radical (unpaired) electrons. The van der Waals surface area contributed by atoms with Crippen molar-refractivity contribution in [1.82, 2.24) is 4.90 Å². The van der Waals surface area contributed by atoms with E-state index >= 15 is 0 Å². The highest BCUT2D eigenvalue weighted by Crippen LogP contribution is 2.42. The van der Waals surface area contributed by atoms with Gasteiger partial charge in [-0.15, -0.1) is 0 Å². The Morgan fingerprint density at radius 3 is 1.79 bits per heavy atom. The predicted octanol–water partition coefficient (Wildman–Crippen LogP) is 5.30. The lowest BCUT2D eigenvalue weighted by molar-refractivity contribution is -0.152. The molecule has 1 aliphatic rings. The quantitative estimate of drug-likeness (QED) is 0.374. The lowest BCUT2D eigenvalue weighted by Crippen LogP contribution is -2.41. The summed E-state index contributed by atoms with van der Waals surface area (Å²) in [5.74, 6) is -1.14. The van der Waals surface area contributed by atoms with Crippen LogP contribution < -0.4 is 0 Å². The van der Waals surface area contributed by atoms with Gasteiger partial charge in [-0.05, 0) is 41.9 Å². The van der Waals surface area contributed by atoms with Crippen molar-refractivity contribution >= 4 is 11.9 Å². The monoisotopic (exact) mass is 457 g/mol. The molecule has 1 N–H and O–H groups in total. The smallest absolute Gasteiger partial charge is 0.323 e. The molecule has 176 valence electrons. The molecule has 5 nitrogen and oxygen atoms in total. The fourth-order valence-electron chi connectivity index (χ4n) is 4.43. The maximum atomic E-state index is 13.4. The molecule has 1 saturated carbocycles. The van der Waals surface area contributed by atoms with Gasteiger partial charge in [0.05, 0.1) is 5.92 Å². The SMILES string of the molecule is O=C(O)C1CC1CC[C@@H](C(=O)OCc1ccccc1)N(Cc1ccccc1)Cc1ccccc1. The van der Waals surface area contributed by atoms with Gasteiger partial charge < -0.3 is 9.84 Å². The van der Waals surface area contributed by atoms with E-state index in [1.807, 2.05) is 66.7 Å². The number of ether oxygens (including phenoxy) is 1. The van der Waals surface area contributed by atoms with Crippen LogP contribution in [0, 0.1) is 11.8 Å². The van der Waals surface area contributed by atoms with Crippen LogP contribution in [0.5, 0.6) is 0 Å². The first-order valence-electron chi connectivity index (χ1n) is 11.9. The normalized spacial score (nSPS) is 17.8. The first-order chi connectivity index (χ1) is 16.6. The van der Waals surface area contributed by atoms with Crippen molar-refractivity contribution in [2.75, 3.05) is 0 Å². The molecule has 2 unspecified atom stereocenters. The van der Waals surface area contributed by atoms with Crippen molar-refractivity contribution in [3.63, 3.8) is 0 Å². The number of carbonyl (C=O) groups excluding carboxylic acids is 1. The number of aliphatic carboxylic acids is 1. The van der Waals surface area contributed by atoms with Gasteiger partial charge in [0.1, 0.15) is 12.6 Å². The van der Waals surface area contributed by atoms with Gasteiger partial charge in [0, 0.05) is 13.1 Å². The van der Waals surface area contributed by atoms with E-state index in [2.05, 4.69) is 29.2 Å². The minimum absolute atomic E-state index is 0.136. The van der Waals surface area contributed by atoms with Crippen LogP contribution >= 0.6 is 0 Å². The van der Waals surface area contributed by atoms with E-state index < -0.39 is 12.0 Å². The number of hydrogen-bond donors (Lipinski definition) is 1. The summed E-state index contributed by atoms with van der Waals surface area (Å²) >= 11 is 0. The van der Waals surface area contributed by atoms with E-state index in [0.29, 0.717) is 32.4 Å². The maximum absolute atomic E-state index is 13.4. The molecule has 34 heavy (non-hydrogen) atoms. The minimum Gasteiger partial charge on any atom is -0.481 e. The molecule has 3 aromatic rings. The average Bonchev–Trinajstić information content (AvgIpc) is 3.65. The molecule has 1 aliphatic carbocycles. The molecule has 0 saturated heterocycles. The largest absolute Gasteiger partial charge is 0.481 e. The zero-order chi connectivity index (χ0) is 23.8. The van der Waals surface area contributed by atoms with Gasteiger partial charge in [0.15, 0.2) is 0 Å². The summed E-state index contributed by atoms with van der Waals surface area (Å²) in [5, 5.41) is 9.31. The van der Waals surface area contributed by atoms with Crippen LogP contribution in [0.1, 0.15) is 36.0 Å². The summed E-state index contributed by atoms with van der Waals surface area (Å²) in [6.45, 7) is 1.43. The fraction of sp³-hybridized carbons (Fsp3) is 0.310. The molecule has 4 rings (SSSR count). The standard InChI is InChI=1S/C29H31NO4/c31-28(32)26-18-25(26)16-17-27(29(33)34-21-24-14-8-3-9-15-24)30(19-22-10-4-1-5-11-22)20-23-12-6-2-7-13-23/h1-15,25-27H,16-21H2,(H,31,32)/t25?,26?,27-/m0/s1. The summed E-state index contributed by atoms with van der Waals surface area (Å²) < 4.78 is 5.78. The Balaban J connectivity index is 1.53. The Hall–Kier alpha value is -3.44. The second kappa shape index (κ2) is 11.6. The minimum atomic E-state index is -0.737. The van der Waals surface area contributed by atoms with E-state index in [9.17, 15) is 14.7 Å². The van der Waals surface area contributed by atoms with E-state index in [1.165, 1.54) is 0 Å². The number of rotatable bonds is 12. The van der Waals surface area contributed by atoms with Gasteiger partial charge in [-0.3, -0.25) is 14.5 Å². The molecule has 0 bridgehead atoms. The molecule has 3 aromatic carbocycles. The molecule has 0 spiro atoms. The van der Waals surface area contributed by atoms with Crippen LogP contribution in [0.2, 0.25) is 0 Å². The molecule has 1 fully saturated rings. The van der Waals surface area contributed by atoms with Gasteiger partial charge in [0.25, 0.3) is 0 Å². The second-order valence-corrected chi connectivity index (χ2v) is 9.00. The highest BCUT2D eigenvalue weighted by molar-refractivity contribution is 5.76. The highest BCUT2D eigenvalue weighted by atomic mass is 16.5. The van der Waals surface area contributed by atoms with Crippen molar-refractivity contribution < 1.29 is 19.4 Å². The Morgan fingerprint density at radius 2 is 1.32 bits per heavy atom. The van der Waals surface area contributed by atoms with Crippen molar-refractivity contribution in [1.29, 1.82) is 0 Å². The van der Waals surface area contributed by atoms with Gasteiger partial charge in [0.2, 0.25) is 0 Å². The predicted molar refractivity (Wildman–Crippen MR) is 131 cm³/mol. The first kappa shape index (κ1) is 23.7. The Bertz CT molecular complexity index is 1010. The number of nitrogens with zero attached hydrogens (tertiary/aromatic N) is 1. The molecule has 5 heteroatoms. The molecule has 3 atom stereocenters. The summed E-state index contributed by atoms with van der Waals surface area (Å²) in [7, 11) is 0. The molecule has 0 aliphatic heterocycles. The number of benzene rings is 3. The van der Waals surface area contributed by atoms with Crippen molar-refractivity contribution in [3.8, 4) is 0 Å². The van der Waals surface area contributed by atoms with Crippen LogP contribution in [-0.4, -0.2) is 28.0 Å². The Kier molecular flexibility index (Phi) is 8.10. The summed E-state index contributed by atoms with van der Waals surface area (Å²) in [4.78, 5) is 26.9. The Labute approximate surface area is 201 Å². The van der Waals surface area contributed by atoms with Gasteiger partial charge in [-0.1, -0.05) is 91.0 Å². The third-order valence-corrected chi connectivity index (χ3v) is 6.44. The van der Waals surface area contributed by atoms with Crippen LogP contribution in [-0.2, 0) is 34.0 Å². The number of carbonyl (C=O) groups is 2. The fourth-order valence-corrected chi connectivity index (χ4v) is 4.43. The van der Waals surface area contributed by atoms with Crippen LogP contribution in [0.4, 0.5) is 0 Å². The number of carboxylic acid groups (broad SMARTS) is 1. The number of carboxylic acids is 1. The third kappa shape index (κ3) is 6.78. The van der Waals surface area contributed by atoms with Crippen LogP contribution in [0.25, 0.3) is 0 Å². The molecule has 0 amide bonds. The van der Waals surface area contributed by atoms with Crippen LogP contribution in [0.3, 0.4) is 0 Å². The van der Waals surface area contributed by atoms with Crippen LogP contribution in [0.15, 0.2) is 91.0 Å². The first-order valence-corrected chi connectivity index (χ1v) is 11.9. The topological polar surface area (TPSA) is 66.8 Å². The highest BCUT2D eigenvalue weighted by Gasteiger charge is 2.43. The van der Waals surface area contributed by atoms with Gasteiger partial charge in [-0.25, -0.2) is 0 Å². The van der Waals surface area contributed by atoms with Crippen molar-refractivity contribution in [2.24, 2.45) is 11.8 Å². The van der Waals surface area contributed by atoms with E-state index in [4.69, 9.17) is 4.74 Å². The van der Waals surface area contributed by atoms with E-state index in [0.717, 1.165) is 16.7 Å². The number of esters is 1. The lowest BCUT2D eigenvalue weighted by atomic mass is 10.0. The van der Waals surface area contributed by atoms with Crippen molar-refractivity contribution in [2.45, 2.75) is 45.0 Å².